The summed E-state index contributed by atoms with van der Waals surface area (Å²) in [4.78, 5) is 27.8. The van der Waals surface area contributed by atoms with Crippen LogP contribution < -0.4 is 10.2 Å². The lowest BCUT2D eigenvalue weighted by Gasteiger charge is -2.32. The Morgan fingerprint density at radius 1 is 1.29 bits per heavy atom. The van der Waals surface area contributed by atoms with Gasteiger partial charge >= 0.3 is 0 Å². The number of hydrogen-bond acceptors (Lipinski definition) is 4. The summed E-state index contributed by atoms with van der Waals surface area (Å²) < 4.78 is 0. The van der Waals surface area contributed by atoms with E-state index in [0.717, 1.165) is 31.7 Å². The minimum Gasteiger partial charge on any atom is -0.355 e. The predicted octanol–water partition coefficient (Wildman–Crippen LogP) is 0.850. The molecule has 1 atom stereocenters. The van der Waals surface area contributed by atoms with E-state index < -0.39 is 0 Å². The number of piperidine rings is 1. The molecule has 0 aromatic carbocycles. The van der Waals surface area contributed by atoms with Crippen LogP contribution in [0.25, 0.3) is 0 Å². The van der Waals surface area contributed by atoms with Gasteiger partial charge in [0.2, 0.25) is 11.8 Å². The molecule has 1 aliphatic carbocycles. The second-order valence-electron chi connectivity index (χ2n) is 7.40. The van der Waals surface area contributed by atoms with Crippen LogP contribution in [0.2, 0.25) is 0 Å². The molecular weight excluding hydrogens is 306 g/mol. The summed E-state index contributed by atoms with van der Waals surface area (Å²) in [6.07, 6.45) is 4.74. The van der Waals surface area contributed by atoms with E-state index >= 15 is 0 Å². The van der Waals surface area contributed by atoms with E-state index in [1.807, 2.05) is 0 Å². The summed E-state index contributed by atoms with van der Waals surface area (Å²) in [5.41, 5.74) is 1.26. The van der Waals surface area contributed by atoms with Crippen molar-refractivity contribution in [1.82, 2.24) is 20.4 Å². The Hall–Kier alpha value is -2.05. The van der Waals surface area contributed by atoms with E-state index in [1.54, 1.807) is 11.9 Å². The first-order valence-electron chi connectivity index (χ1n) is 8.94. The van der Waals surface area contributed by atoms with Crippen LogP contribution in [-0.4, -0.2) is 59.6 Å². The molecule has 0 unspecified atom stereocenters. The molecule has 3 fully saturated rings. The van der Waals surface area contributed by atoms with Gasteiger partial charge in [0.1, 0.15) is 0 Å². The number of carbonyl (C=O) groups excluding carboxylic acids is 2. The largest absolute Gasteiger partial charge is 0.355 e. The Bertz CT molecular complexity index is 631. The van der Waals surface area contributed by atoms with Crippen LogP contribution in [0, 0.1) is 5.92 Å². The maximum atomic E-state index is 12.3. The van der Waals surface area contributed by atoms with Crippen LogP contribution in [-0.2, 0) is 9.59 Å². The highest BCUT2D eigenvalue weighted by atomic mass is 16.2. The molecule has 3 aliphatic rings. The number of nitrogens with one attached hydrogen (secondary N) is 2. The van der Waals surface area contributed by atoms with Crippen LogP contribution in [0.5, 0.6) is 0 Å². The molecule has 2 amide bonds. The summed E-state index contributed by atoms with van der Waals surface area (Å²) in [5.74, 6) is 1.63. The number of aromatic amines is 1. The molecule has 0 bridgehead atoms. The van der Waals surface area contributed by atoms with Crippen LogP contribution in [0.15, 0.2) is 6.07 Å². The second kappa shape index (κ2) is 6.11. The minimum atomic E-state index is -0.187. The maximum Gasteiger partial charge on any atom is 0.225 e. The molecule has 3 heterocycles. The van der Waals surface area contributed by atoms with Crippen LogP contribution in [0.4, 0.5) is 5.82 Å². The molecule has 130 valence electrons. The topological polar surface area (TPSA) is 81.3 Å². The van der Waals surface area contributed by atoms with E-state index in [2.05, 4.69) is 26.5 Å². The highest BCUT2D eigenvalue weighted by molar-refractivity contribution is 5.89. The van der Waals surface area contributed by atoms with Crippen LogP contribution in [0.3, 0.4) is 0 Å². The fourth-order valence-corrected chi connectivity index (χ4v) is 3.70. The predicted molar refractivity (Wildman–Crippen MR) is 89.7 cm³/mol. The molecule has 4 rings (SSSR count). The van der Waals surface area contributed by atoms with Crippen molar-refractivity contribution >= 4 is 17.6 Å². The molecule has 2 saturated heterocycles. The van der Waals surface area contributed by atoms with Crippen molar-refractivity contribution in [3.05, 3.63) is 11.8 Å². The third kappa shape index (κ3) is 3.12. The van der Waals surface area contributed by atoms with Crippen molar-refractivity contribution in [2.45, 2.75) is 44.1 Å². The number of nitrogens with zero attached hydrogens (tertiary/aromatic N) is 3. The highest BCUT2D eigenvalue weighted by Gasteiger charge is 2.33. The maximum absolute atomic E-state index is 12.3. The zero-order chi connectivity index (χ0) is 16.7. The number of hydrogen-bond donors (Lipinski definition) is 2. The number of amides is 2. The lowest BCUT2D eigenvalue weighted by Crippen LogP contribution is -2.46. The highest BCUT2D eigenvalue weighted by Crippen LogP contribution is 2.40. The van der Waals surface area contributed by atoms with Crippen molar-refractivity contribution in [2.75, 3.05) is 31.6 Å². The molecule has 1 saturated carbocycles. The standard InChI is InChI=1S/C17H25N5O2/c1-21-10-12(8-16(21)23)17(24)18-13-4-6-22(7-5-13)15-9-14(19-20-15)11-2-3-11/h9,11-13H,2-8,10H2,1H3,(H,18,24)(H,19,20)/t12-/m0/s1. The van der Waals surface area contributed by atoms with Crippen LogP contribution >= 0.6 is 0 Å². The van der Waals surface area contributed by atoms with Crippen molar-refractivity contribution < 1.29 is 9.59 Å². The van der Waals surface area contributed by atoms with Gasteiger partial charge in [-0.1, -0.05) is 0 Å². The Morgan fingerprint density at radius 2 is 2.04 bits per heavy atom. The summed E-state index contributed by atoms with van der Waals surface area (Å²) in [6.45, 7) is 2.35. The number of likely N-dealkylation sites (tertiary alicyclic amines) is 1. The average molecular weight is 331 g/mol. The number of aromatic nitrogens is 2. The fourth-order valence-electron chi connectivity index (χ4n) is 3.70. The van der Waals surface area contributed by atoms with E-state index in [1.165, 1.54) is 18.5 Å². The number of anilines is 1. The van der Waals surface area contributed by atoms with Gasteiger partial charge in [0, 0.05) is 56.8 Å². The fraction of sp³-hybridized carbons (Fsp3) is 0.706. The van der Waals surface area contributed by atoms with Crippen molar-refractivity contribution in [3.8, 4) is 0 Å². The minimum absolute atomic E-state index is 0.0296. The smallest absolute Gasteiger partial charge is 0.225 e. The monoisotopic (exact) mass is 331 g/mol. The molecule has 2 aliphatic heterocycles. The zero-order valence-electron chi connectivity index (χ0n) is 14.1. The average Bonchev–Trinajstić information content (AvgIpc) is 3.21. The first-order chi connectivity index (χ1) is 11.6. The first-order valence-corrected chi connectivity index (χ1v) is 8.94. The van der Waals surface area contributed by atoms with Gasteiger partial charge in [-0.2, -0.15) is 5.10 Å². The Kier molecular flexibility index (Phi) is 3.94. The third-order valence-electron chi connectivity index (χ3n) is 5.48. The van der Waals surface area contributed by atoms with Gasteiger partial charge in [0.15, 0.2) is 5.82 Å². The van der Waals surface area contributed by atoms with Gasteiger partial charge < -0.3 is 15.1 Å². The number of rotatable bonds is 4. The summed E-state index contributed by atoms with van der Waals surface area (Å²) in [6, 6.07) is 2.38. The van der Waals surface area contributed by atoms with Gasteiger partial charge in [-0.25, -0.2) is 0 Å². The van der Waals surface area contributed by atoms with E-state index in [4.69, 9.17) is 0 Å². The second-order valence-corrected chi connectivity index (χ2v) is 7.40. The van der Waals surface area contributed by atoms with E-state index in [9.17, 15) is 9.59 Å². The Labute approximate surface area is 141 Å². The molecule has 24 heavy (non-hydrogen) atoms. The lowest BCUT2D eigenvalue weighted by molar-refractivity contribution is -0.128. The summed E-state index contributed by atoms with van der Waals surface area (Å²) in [7, 11) is 1.76. The van der Waals surface area contributed by atoms with Crippen LogP contribution in [0.1, 0.15) is 43.7 Å². The Morgan fingerprint density at radius 3 is 2.67 bits per heavy atom. The molecular formula is C17H25N5O2. The quantitative estimate of drug-likeness (QED) is 0.857. The molecule has 1 aromatic heterocycles. The number of carbonyl (C=O) groups is 2. The molecule has 0 spiro atoms. The molecule has 0 radical (unpaired) electrons. The van der Waals surface area contributed by atoms with Crippen molar-refractivity contribution in [2.24, 2.45) is 5.92 Å². The SMILES string of the molecule is CN1C[C@@H](C(=O)NC2CCN(c3cc(C4CC4)[nH]n3)CC2)CC1=O. The van der Waals surface area contributed by atoms with Crippen molar-refractivity contribution in [1.29, 1.82) is 0 Å². The zero-order valence-corrected chi connectivity index (χ0v) is 14.1. The van der Waals surface area contributed by atoms with Gasteiger partial charge in [-0.15, -0.1) is 0 Å². The first kappa shape index (κ1) is 15.5. The number of H-pyrrole nitrogens is 1. The molecule has 7 nitrogen and oxygen atoms in total. The van der Waals surface area contributed by atoms with Gasteiger partial charge in [-0.05, 0) is 25.7 Å². The normalized spacial score (nSPS) is 25.4. The molecule has 1 aromatic rings. The van der Waals surface area contributed by atoms with E-state index in [-0.39, 0.29) is 23.8 Å². The van der Waals surface area contributed by atoms with Gasteiger partial charge in [-0.3, -0.25) is 14.7 Å². The van der Waals surface area contributed by atoms with E-state index in [0.29, 0.717) is 18.9 Å². The summed E-state index contributed by atoms with van der Waals surface area (Å²) >= 11 is 0. The van der Waals surface area contributed by atoms with Gasteiger partial charge in [0.05, 0.1) is 5.92 Å². The molecule has 7 heteroatoms. The summed E-state index contributed by atoms with van der Waals surface area (Å²) in [5, 5.41) is 10.7. The molecule has 2 N–H and O–H groups in total. The lowest BCUT2D eigenvalue weighted by atomic mass is 10.0. The Balaban J connectivity index is 1.26. The van der Waals surface area contributed by atoms with Gasteiger partial charge in [0.25, 0.3) is 0 Å². The third-order valence-corrected chi connectivity index (χ3v) is 5.48. The van der Waals surface area contributed by atoms with Crippen molar-refractivity contribution in [3.63, 3.8) is 0 Å².